The molecule has 28 heavy (non-hydrogen) atoms. The smallest absolute Gasteiger partial charge is 0.119 e. The van der Waals surface area contributed by atoms with Crippen molar-refractivity contribution in [3.05, 3.63) is 35.2 Å². The van der Waals surface area contributed by atoms with Gasteiger partial charge in [-0.2, -0.15) is 0 Å². The van der Waals surface area contributed by atoms with Crippen molar-refractivity contribution in [2.75, 3.05) is 19.7 Å². The van der Waals surface area contributed by atoms with E-state index in [-0.39, 0.29) is 0 Å². The molecule has 156 valence electrons. The van der Waals surface area contributed by atoms with E-state index in [1.165, 1.54) is 94.2 Å². The van der Waals surface area contributed by atoms with Crippen LogP contribution in [0.5, 0.6) is 5.75 Å². The van der Waals surface area contributed by atoms with Gasteiger partial charge in [-0.15, -0.1) is 11.8 Å². The van der Waals surface area contributed by atoms with E-state index in [1.54, 1.807) is 0 Å². The van der Waals surface area contributed by atoms with Crippen LogP contribution < -0.4 is 4.74 Å². The van der Waals surface area contributed by atoms with Crippen LogP contribution in [0.15, 0.2) is 29.7 Å². The Bertz CT molecular complexity index is 581. The Morgan fingerprint density at radius 3 is 2.29 bits per heavy atom. The third-order valence-corrected chi connectivity index (χ3v) is 8.39. The third kappa shape index (κ3) is 7.35. The van der Waals surface area contributed by atoms with Gasteiger partial charge in [-0.3, -0.25) is 4.90 Å². The molecule has 1 aromatic rings. The van der Waals surface area contributed by atoms with Crippen molar-refractivity contribution < 1.29 is 4.74 Å². The maximum absolute atomic E-state index is 5.95. The number of ether oxygens (including phenoxy) is 1. The molecule has 1 aromatic carbocycles. The fraction of sp³-hybridized carbons (Fsp3) is 0.667. The lowest BCUT2D eigenvalue weighted by atomic mass is 10.1. The number of hydrogen-bond acceptors (Lipinski definition) is 4. The average Bonchev–Trinajstić information content (AvgIpc) is 3.24. The molecule has 0 saturated carbocycles. The van der Waals surface area contributed by atoms with E-state index in [0.717, 1.165) is 12.4 Å². The Kier molecular flexibility index (Phi) is 10.2. The molecule has 2 aliphatic rings. The van der Waals surface area contributed by atoms with E-state index in [4.69, 9.17) is 4.74 Å². The number of benzene rings is 1. The van der Waals surface area contributed by atoms with Crippen molar-refractivity contribution in [3.8, 4) is 5.75 Å². The zero-order chi connectivity index (χ0) is 19.4. The molecule has 0 radical (unpaired) electrons. The SMILES string of the molecule is CCCCCCCCCCOc1ccc(C2=CSC(N3CCCCC3)S2)cc1. The van der Waals surface area contributed by atoms with Gasteiger partial charge in [0.2, 0.25) is 0 Å². The summed E-state index contributed by atoms with van der Waals surface area (Å²) in [6, 6.07) is 8.73. The predicted octanol–water partition coefficient (Wildman–Crippen LogP) is 7.75. The van der Waals surface area contributed by atoms with Crippen LogP contribution in [0.1, 0.15) is 83.1 Å². The maximum Gasteiger partial charge on any atom is 0.119 e. The summed E-state index contributed by atoms with van der Waals surface area (Å²) in [7, 11) is 0. The minimum Gasteiger partial charge on any atom is -0.494 e. The van der Waals surface area contributed by atoms with Gasteiger partial charge >= 0.3 is 0 Å². The Balaban J connectivity index is 1.31. The highest BCUT2D eigenvalue weighted by atomic mass is 32.2. The summed E-state index contributed by atoms with van der Waals surface area (Å²) in [5.41, 5.74) is 1.33. The molecular formula is C24H37NOS2. The van der Waals surface area contributed by atoms with Gasteiger partial charge in [0.05, 0.1) is 6.61 Å². The summed E-state index contributed by atoms with van der Waals surface area (Å²) in [5, 5.41) is 2.35. The molecule has 0 aliphatic carbocycles. The van der Waals surface area contributed by atoms with E-state index in [0.29, 0.717) is 4.71 Å². The highest BCUT2D eigenvalue weighted by Gasteiger charge is 2.26. The minimum absolute atomic E-state index is 0.577. The van der Waals surface area contributed by atoms with E-state index in [2.05, 4.69) is 41.5 Å². The van der Waals surface area contributed by atoms with Gasteiger partial charge in [-0.1, -0.05) is 82.2 Å². The molecular weight excluding hydrogens is 382 g/mol. The summed E-state index contributed by atoms with van der Waals surface area (Å²) in [4.78, 5) is 4.05. The van der Waals surface area contributed by atoms with Crippen LogP contribution in [0.4, 0.5) is 0 Å². The summed E-state index contributed by atoms with van der Waals surface area (Å²) in [6.07, 6.45) is 14.9. The summed E-state index contributed by atoms with van der Waals surface area (Å²) >= 11 is 4.00. The van der Waals surface area contributed by atoms with Crippen molar-refractivity contribution in [3.63, 3.8) is 0 Å². The van der Waals surface area contributed by atoms with Crippen LogP contribution >= 0.6 is 23.5 Å². The molecule has 0 aromatic heterocycles. The van der Waals surface area contributed by atoms with Crippen molar-refractivity contribution in [2.45, 2.75) is 82.3 Å². The summed E-state index contributed by atoms with van der Waals surface area (Å²) < 4.78 is 6.52. The standard InChI is InChI=1S/C24H37NOS2/c1-2-3-4-5-6-7-8-12-19-26-22-15-13-21(14-16-22)23-20-27-24(28-23)25-17-10-9-11-18-25/h13-16,20,24H,2-12,17-19H2,1H3. The van der Waals surface area contributed by atoms with E-state index >= 15 is 0 Å². The second-order valence-corrected chi connectivity index (χ2v) is 10.4. The lowest BCUT2D eigenvalue weighted by molar-refractivity contribution is 0.253. The molecule has 2 aliphatic heterocycles. The second kappa shape index (κ2) is 12.9. The first-order valence-electron chi connectivity index (χ1n) is 11.4. The number of rotatable bonds is 12. The molecule has 1 saturated heterocycles. The number of unbranched alkanes of at least 4 members (excludes halogenated alkanes) is 7. The first-order valence-corrected chi connectivity index (χ1v) is 13.2. The van der Waals surface area contributed by atoms with Gasteiger partial charge in [0.1, 0.15) is 10.5 Å². The van der Waals surface area contributed by atoms with Gasteiger partial charge < -0.3 is 4.74 Å². The van der Waals surface area contributed by atoms with Crippen LogP contribution in [-0.4, -0.2) is 29.3 Å². The lowest BCUT2D eigenvalue weighted by Crippen LogP contribution is -2.34. The Morgan fingerprint density at radius 2 is 1.57 bits per heavy atom. The fourth-order valence-electron chi connectivity index (χ4n) is 3.85. The van der Waals surface area contributed by atoms with Crippen molar-refractivity contribution in [1.82, 2.24) is 4.90 Å². The zero-order valence-corrected chi connectivity index (χ0v) is 19.2. The Hall–Kier alpha value is -0.580. The normalized spacial score (nSPS) is 20.3. The molecule has 2 nitrogen and oxygen atoms in total. The molecule has 0 amide bonds. The van der Waals surface area contributed by atoms with Crippen LogP contribution in [-0.2, 0) is 0 Å². The predicted molar refractivity (Wildman–Crippen MR) is 127 cm³/mol. The molecule has 0 bridgehead atoms. The molecule has 0 N–H and O–H groups in total. The molecule has 1 atom stereocenters. The molecule has 0 spiro atoms. The average molecular weight is 420 g/mol. The topological polar surface area (TPSA) is 12.5 Å². The molecule has 2 heterocycles. The molecule has 1 unspecified atom stereocenters. The highest BCUT2D eigenvalue weighted by Crippen LogP contribution is 2.47. The largest absolute Gasteiger partial charge is 0.494 e. The van der Waals surface area contributed by atoms with Crippen LogP contribution in [0.2, 0.25) is 0 Å². The number of thioether (sulfide) groups is 2. The van der Waals surface area contributed by atoms with E-state index < -0.39 is 0 Å². The minimum atomic E-state index is 0.577. The fourth-order valence-corrected chi connectivity index (χ4v) is 6.55. The Labute approximate surface area is 180 Å². The summed E-state index contributed by atoms with van der Waals surface area (Å²) in [5.74, 6) is 1.01. The van der Waals surface area contributed by atoms with Gasteiger partial charge in [0.15, 0.2) is 0 Å². The van der Waals surface area contributed by atoms with E-state index in [1.807, 2.05) is 23.5 Å². The lowest BCUT2D eigenvalue weighted by Gasteiger charge is -2.30. The van der Waals surface area contributed by atoms with Crippen molar-refractivity contribution >= 4 is 28.4 Å². The zero-order valence-electron chi connectivity index (χ0n) is 17.5. The van der Waals surface area contributed by atoms with Gasteiger partial charge in [0.25, 0.3) is 0 Å². The van der Waals surface area contributed by atoms with E-state index in [9.17, 15) is 0 Å². The Morgan fingerprint density at radius 1 is 0.893 bits per heavy atom. The van der Waals surface area contributed by atoms with Crippen LogP contribution in [0, 0.1) is 0 Å². The van der Waals surface area contributed by atoms with Gasteiger partial charge in [-0.05, 0) is 55.5 Å². The maximum atomic E-state index is 5.95. The second-order valence-electron chi connectivity index (χ2n) is 7.99. The van der Waals surface area contributed by atoms with Crippen molar-refractivity contribution in [1.29, 1.82) is 0 Å². The first kappa shape index (κ1) is 22.1. The first-order chi connectivity index (χ1) is 13.9. The molecule has 1 fully saturated rings. The highest BCUT2D eigenvalue weighted by molar-refractivity contribution is 8.26. The van der Waals surface area contributed by atoms with Crippen LogP contribution in [0.25, 0.3) is 4.91 Å². The quantitative estimate of drug-likeness (QED) is 0.321. The molecule has 4 heteroatoms. The number of nitrogens with zero attached hydrogens (tertiary/aromatic N) is 1. The summed E-state index contributed by atoms with van der Waals surface area (Å²) in [6.45, 7) is 5.64. The number of hydrogen-bond donors (Lipinski definition) is 0. The monoisotopic (exact) mass is 419 g/mol. The van der Waals surface area contributed by atoms with Gasteiger partial charge in [0, 0.05) is 4.91 Å². The molecule has 3 rings (SSSR count). The number of piperidine rings is 1. The van der Waals surface area contributed by atoms with Crippen LogP contribution in [0.3, 0.4) is 0 Å². The number of likely N-dealkylation sites (tertiary alicyclic amines) is 1. The van der Waals surface area contributed by atoms with Crippen molar-refractivity contribution in [2.24, 2.45) is 0 Å². The van der Waals surface area contributed by atoms with Gasteiger partial charge in [-0.25, -0.2) is 0 Å². The third-order valence-electron chi connectivity index (χ3n) is 5.61.